The van der Waals surface area contributed by atoms with Crippen molar-refractivity contribution in [1.82, 2.24) is 4.98 Å². The largest absolute Gasteiger partial charge is 0.288 e. The van der Waals surface area contributed by atoms with Crippen LogP contribution in [0.4, 0.5) is 0 Å². The first kappa shape index (κ1) is 30.7. The molecule has 5 nitrogen and oxygen atoms in total. The minimum absolute atomic E-state index is 0.107. The maximum atomic E-state index is 13.3. The topological polar surface area (TPSA) is 81.2 Å². The SMILES string of the molecule is O=C1C(=Cc2cc3c(s2)-c2cc4c(cc2C32CCCCC2)-c2sc(C=C3C(=O)c5ccccc5C3=O)nc2C42CCCCC2)C(=O)c2ccccc21. The fourth-order valence-corrected chi connectivity index (χ4v) is 12.8. The first-order chi connectivity index (χ1) is 25.4. The number of fused-ring (bicyclic) bond motifs is 12. The highest BCUT2D eigenvalue weighted by atomic mass is 32.1. The molecule has 0 bridgehead atoms. The average molecular weight is 716 g/mol. The molecule has 254 valence electrons. The molecule has 7 heteroatoms. The van der Waals surface area contributed by atoms with E-state index in [1.165, 1.54) is 50.4 Å². The second kappa shape index (κ2) is 10.8. The van der Waals surface area contributed by atoms with Crippen molar-refractivity contribution in [2.75, 3.05) is 0 Å². The Hall–Kier alpha value is -4.85. The summed E-state index contributed by atoms with van der Waals surface area (Å²) >= 11 is 3.34. The Kier molecular flexibility index (Phi) is 6.41. The summed E-state index contributed by atoms with van der Waals surface area (Å²) in [5.74, 6) is -0.793. The Morgan fingerprint density at radius 3 is 1.54 bits per heavy atom. The molecule has 2 fully saturated rings. The Morgan fingerprint density at radius 1 is 0.500 bits per heavy atom. The lowest BCUT2D eigenvalue weighted by atomic mass is 9.66. The van der Waals surface area contributed by atoms with Gasteiger partial charge in [0, 0.05) is 42.8 Å². The van der Waals surface area contributed by atoms with Crippen LogP contribution in [0.1, 0.15) is 138 Å². The average Bonchev–Trinajstić information content (AvgIpc) is 3.99. The second-order valence-electron chi connectivity index (χ2n) is 15.4. The van der Waals surface area contributed by atoms with Crippen LogP contribution >= 0.6 is 22.7 Å². The van der Waals surface area contributed by atoms with E-state index in [1.54, 1.807) is 65.1 Å². The van der Waals surface area contributed by atoms with Gasteiger partial charge in [0.15, 0.2) is 23.1 Å². The third-order valence-electron chi connectivity index (χ3n) is 12.8. The lowest BCUT2D eigenvalue weighted by Crippen LogP contribution is -2.29. The summed E-state index contributed by atoms with van der Waals surface area (Å²) < 4.78 is 0. The van der Waals surface area contributed by atoms with Crippen molar-refractivity contribution in [3.8, 4) is 20.9 Å². The van der Waals surface area contributed by atoms with Crippen LogP contribution in [0.25, 0.3) is 33.0 Å². The molecule has 2 spiro atoms. The quantitative estimate of drug-likeness (QED) is 0.134. The van der Waals surface area contributed by atoms with Gasteiger partial charge in [-0.3, -0.25) is 19.2 Å². The zero-order valence-electron chi connectivity index (χ0n) is 28.5. The van der Waals surface area contributed by atoms with Gasteiger partial charge in [-0.25, -0.2) is 4.98 Å². The number of aromatic nitrogens is 1. The van der Waals surface area contributed by atoms with E-state index in [9.17, 15) is 19.2 Å². The monoisotopic (exact) mass is 715 g/mol. The number of Topliss-reactive ketones (excluding diaryl/α,β-unsaturated/α-hetero) is 4. The number of benzene rings is 3. The fraction of sp³-hybridized carbons (Fsp3) is 0.267. The molecule has 11 rings (SSSR count). The highest BCUT2D eigenvalue weighted by molar-refractivity contribution is 7.17. The van der Waals surface area contributed by atoms with Crippen LogP contribution in [0.2, 0.25) is 0 Å². The van der Waals surface area contributed by atoms with Gasteiger partial charge in [0.25, 0.3) is 0 Å². The van der Waals surface area contributed by atoms with Crippen molar-refractivity contribution >= 4 is 58.0 Å². The Bertz CT molecular complexity index is 2310. The van der Waals surface area contributed by atoms with E-state index in [1.807, 2.05) is 18.2 Å². The summed E-state index contributed by atoms with van der Waals surface area (Å²) in [7, 11) is 0. The molecule has 0 atom stereocenters. The predicted molar refractivity (Wildman–Crippen MR) is 205 cm³/mol. The molecule has 2 aromatic heterocycles. The van der Waals surface area contributed by atoms with E-state index >= 15 is 0 Å². The molecule has 6 aliphatic carbocycles. The number of allylic oxidation sites excluding steroid dienone is 2. The standard InChI is InChI=1S/C45H33NO4S2/c47-37-25-11-3-4-12-26(25)38(48)31(37)19-24-20-35-41(51-24)29-21-34-30(22-33(29)44(35)15-7-1-8-16-44)42-43(45(34)17-9-2-10-18-45)46-36(52-42)23-32-39(49)27-13-5-6-14-28(27)40(32)50/h3-6,11-14,19-23H,1-2,7-10,15-18H2. The van der Waals surface area contributed by atoms with Gasteiger partial charge in [-0.05, 0) is 83.9 Å². The number of nitrogens with zero attached hydrogens (tertiary/aromatic N) is 1. The molecule has 0 aliphatic heterocycles. The number of carbonyl (C=O) groups is 4. The number of hydrogen-bond acceptors (Lipinski definition) is 7. The predicted octanol–water partition coefficient (Wildman–Crippen LogP) is 10.6. The number of ketones is 4. The van der Waals surface area contributed by atoms with Crippen molar-refractivity contribution in [3.05, 3.63) is 132 Å². The van der Waals surface area contributed by atoms with Crippen LogP contribution in [0.3, 0.4) is 0 Å². The van der Waals surface area contributed by atoms with Gasteiger partial charge < -0.3 is 0 Å². The summed E-state index contributed by atoms with van der Waals surface area (Å²) in [4.78, 5) is 62.0. The third kappa shape index (κ3) is 3.96. The number of thiophene rings is 1. The van der Waals surface area contributed by atoms with Crippen LogP contribution in [0.15, 0.2) is 77.9 Å². The van der Waals surface area contributed by atoms with E-state index < -0.39 is 0 Å². The molecule has 2 saturated carbocycles. The molecule has 2 heterocycles. The van der Waals surface area contributed by atoms with Crippen LogP contribution < -0.4 is 0 Å². The zero-order valence-corrected chi connectivity index (χ0v) is 30.1. The first-order valence-corrected chi connectivity index (χ1v) is 20.2. The molecule has 52 heavy (non-hydrogen) atoms. The molecular formula is C45H33NO4S2. The van der Waals surface area contributed by atoms with Crippen molar-refractivity contribution in [2.45, 2.75) is 75.0 Å². The molecule has 6 aliphatic rings. The number of carbonyl (C=O) groups excluding carboxylic acids is 4. The first-order valence-electron chi connectivity index (χ1n) is 18.5. The Balaban J connectivity index is 1.05. The van der Waals surface area contributed by atoms with E-state index in [0.717, 1.165) is 66.9 Å². The Morgan fingerprint density at radius 2 is 0.981 bits per heavy atom. The third-order valence-corrected chi connectivity index (χ3v) is 15.0. The van der Waals surface area contributed by atoms with Crippen LogP contribution in [-0.4, -0.2) is 28.1 Å². The lowest BCUT2D eigenvalue weighted by Gasteiger charge is -2.37. The van der Waals surface area contributed by atoms with Crippen LogP contribution in [0.5, 0.6) is 0 Å². The van der Waals surface area contributed by atoms with Gasteiger partial charge in [-0.2, -0.15) is 0 Å². The summed E-state index contributed by atoms with van der Waals surface area (Å²) in [6, 6.07) is 21.5. The summed E-state index contributed by atoms with van der Waals surface area (Å²) in [5, 5.41) is 0.730. The van der Waals surface area contributed by atoms with E-state index in [0.29, 0.717) is 22.3 Å². The van der Waals surface area contributed by atoms with E-state index in [4.69, 9.17) is 4.98 Å². The summed E-state index contributed by atoms with van der Waals surface area (Å²) in [6.45, 7) is 0. The molecule has 0 N–H and O–H groups in total. The smallest absolute Gasteiger partial charge is 0.197 e. The molecular weight excluding hydrogens is 683 g/mol. The molecule has 0 radical (unpaired) electrons. The van der Waals surface area contributed by atoms with Gasteiger partial charge >= 0.3 is 0 Å². The Labute approximate surface area is 309 Å². The molecule has 5 aromatic rings. The molecule has 0 saturated heterocycles. The summed E-state index contributed by atoms with van der Waals surface area (Å²) in [5.41, 5.74) is 9.92. The maximum Gasteiger partial charge on any atom is 0.197 e. The molecule has 0 amide bonds. The van der Waals surface area contributed by atoms with Gasteiger partial charge in [0.1, 0.15) is 5.01 Å². The lowest BCUT2D eigenvalue weighted by molar-refractivity contribution is 0.0975. The van der Waals surface area contributed by atoms with Crippen LogP contribution in [-0.2, 0) is 10.8 Å². The number of thiazole rings is 1. The van der Waals surface area contributed by atoms with Gasteiger partial charge in [0.05, 0.1) is 21.7 Å². The van der Waals surface area contributed by atoms with E-state index in [2.05, 4.69) is 18.2 Å². The van der Waals surface area contributed by atoms with Crippen molar-refractivity contribution < 1.29 is 19.2 Å². The van der Waals surface area contributed by atoms with Gasteiger partial charge in [0.2, 0.25) is 0 Å². The zero-order chi connectivity index (χ0) is 34.9. The number of hydrogen-bond donors (Lipinski definition) is 0. The van der Waals surface area contributed by atoms with Crippen molar-refractivity contribution in [2.24, 2.45) is 0 Å². The molecule has 3 aromatic carbocycles. The molecule has 0 unspecified atom stereocenters. The van der Waals surface area contributed by atoms with Crippen molar-refractivity contribution in [1.29, 1.82) is 0 Å². The van der Waals surface area contributed by atoms with Gasteiger partial charge in [-0.15, -0.1) is 22.7 Å². The fourth-order valence-electron chi connectivity index (χ4n) is 10.4. The summed E-state index contributed by atoms with van der Waals surface area (Å²) in [6.07, 6.45) is 14.8. The van der Waals surface area contributed by atoms with Gasteiger partial charge in [-0.1, -0.05) is 87.1 Å². The minimum Gasteiger partial charge on any atom is -0.288 e. The second-order valence-corrected chi connectivity index (χ2v) is 17.5. The van der Waals surface area contributed by atoms with Crippen molar-refractivity contribution in [3.63, 3.8) is 0 Å². The van der Waals surface area contributed by atoms with Crippen LogP contribution in [0, 0.1) is 0 Å². The normalized spacial score (nSPS) is 19.9. The highest BCUT2D eigenvalue weighted by Gasteiger charge is 2.51. The van der Waals surface area contributed by atoms with E-state index in [-0.39, 0.29) is 45.1 Å². The highest BCUT2D eigenvalue weighted by Crippen LogP contribution is 2.64. The maximum absolute atomic E-state index is 13.3. The number of rotatable bonds is 2. The minimum atomic E-state index is -0.215.